The summed E-state index contributed by atoms with van der Waals surface area (Å²) in [6.07, 6.45) is 0. The van der Waals surface area contributed by atoms with Crippen molar-refractivity contribution in [2.75, 3.05) is 0 Å². The molecule has 0 spiro atoms. The summed E-state index contributed by atoms with van der Waals surface area (Å²) >= 11 is 1.53. The molecule has 1 N–H and O–H groups in total. The van der Waals surface area contributed by atoms with Crippen molar-refractivity contribution in [3.8, 4) is 11.3 Å². The van der Waals surface area contributed by atoms with E-state index >= 15 is 0 Å². The van der Waals surface area contributed by atoms with E-state index in [1.165, 1.54) is 16.9 Å². The van der Waals surface area contributed by atoms with Gasteiger partial charge in [0.15, 0.2) is 10.7 Å². The van der Waals surface area contributed by atoms with Crippen LogP contribution in [-0.2, 0) is 0 Å². The van der Waals surface area contributed by atoms with Crippen LogP contribution in [0.15, 0.2) is 24.3 Å². The molecule has 5 heteroatoms. The first-order chi connectivity index (χ1) is 10.4. The fourth-order valence-corrected chi connectivity index (χ4v) is 3.77. The summed E-state index contributed by atoms with van der Waals surface area (Å²) in [5.74, 6) is -0.467. The van der Waals surface area contributed by atoms with E-state index in [0.717, 1.165) is 21.1 Å². The molecule has 0 unspecified atom stereocenters. The average Bonchev–Trinajstić information content (AvgIpc) is 2.91. The molecule has 0 bridgehead atoms. The number of carbonyl (C=O) groups is 1. The van der Waals surface area contributed by atoms with Gasteiger partial charge in [-0.05, 0) is 30.9 Å². The number of rotatable bonds is 3. The number of nitrogens with zero attached hydrogens (tertiary/aromatic N) is 2. The van der Waals surface area contributed by atoms with Gasteiger partial charge in [0, 0.05) is 4.88 Å². The number of benzene rings is 1. The summed E-state index contributed by atoms with van der Waals surface area (Å²) in [6.45, 7) is 8.06. The monoisotopic (exact) mass is 314 g/mol. The van der Waals surface area contributed by atoms with Gasteiger partial charge in [0.05, 0.1) is 11.4 Å². The molecule has 0 amide bonds. The fourth-order valence-electron chi connectivity index (χ4n) is 2.73. The van der Waals surface area contributed by atoms with E-state index in [4.69, 9.17) is 0 Å². The smallest absolute Gasteiger partial charge is 0.354 e. The van der Waals surface area contributed by atoms with Crippen molar-refractivity contribution in [3.63, 3.8) is 0 Å². The number of aryl methyl sites for hydroxylation is 2. The minimum Gasteiger partial charge on any atom is -0.477 e. The first-order valence-electron chi connectivity index (χ1n) is 7.22. The lowest BCUT2D eigenvalue weighted by molar-refractivity contribution is 0.0688. The molecule has 0 aliphatic rings. The van der Waals surface area contributed by atoms with Crippen molar-refractivity contribution in [2.45, 2.75) is 33.6 Å². The number of fused-ring (bicyclic) bond motifs is 1. The summed E-state index contributed by atoms with van der Waals surface area (Å²) in [6, 6.07) is 8.33. The molecule has 0 saturated heterocycles. The zero-order valence-corrected chi connectivity index (χ0v) is 13.9. The lowest BCUT2D eigenvalue weighted by atomic mass is 10.0. The number of carboxylic acid groups (broad SMARTS) is 1. The Morgan fingerprint density at radius 3 is 2.41 bits per heavy atom. The maximum Gasteiger partial charge on any atom is 0.354 e. The highest BCUT2D eigenvalue weighted by molar-refractivity contribution is 7.17. The van der Waals surface area contributed by atoms with Crippen LogP contribution in [-0.4, -0.2) is 20.5 Å². The van der Waals surface area contributed by atoms with Crippen LogP contribution in [0.3, 0.4) is 0 Å². The lowest BCUT2D eigenvalue weighted by Gasteiger charge is -2.08. The van der Waals surface area contributed by atoms with Crippen LogP contribution in [0.2, 0.25) is 0 Å². The molecule has 2 heterocycles. The Labute approximate surface area is 133 Å². The number of hydrogen-bond acceptors (Lipinski definition) is 3. The van der Waals surface area contributed by atoms with Crippen molar-refractivity contribution in [1.82, 2.24) is 9.38 Å². The van der Waals surface area contributed by atoms with Gasteiger partial charge in [0.2, 0.25) is 0 Å². The molecule has 0 saturated carbocycles. The Morgan fingerprint density at radius 1 is 1.23 bits per heavy atom. The number of hydrogen-bond donors (Lipinski definition) is 1. The molecule has 0 aliphatic carbocycles. The molecule has 0 atom stereocenters. The highest BCUT2D eigenvalue weighted by Crippen LogP contribution is 2.34. The van der Waals surface area contributed by atoms with E-state index in [-0.39, 0.29) is 5.69 Å². The van der Waals surface area contributed by atoms with Crippen LogP contribution < -0.4 is 0 Å². The van der Waals surface area contributed by atoms with Gasteiger partial charge in [0.1, 0.15) is 0 Å². The fraction of sp³-hybridized carbons (Fsp3) is 0.294. The van der Waals surface area contributed by atoms with Gasteiger partial charge in [-0.3, -0.25) is 4.40 Å². The maximum atomic E-state index is 11.6. The highest BCUT2D eigenvalue weighted by atomic mass is 32.1. The SMILES string of the molecule is Cc1nc2sc(C)c(-c3ccc(C(C)C)cc3)n2c1C(=O)O. The number of carboxylic acids is 1. The van der Waals surface area contributed by atoms with Gasteiger partial charge in [-0.15, -0.1) is 11.3 Å². The molecule has 2 aromatic heterocycles. The molecule has 0 radical (unpaired) electrons. The summed E-state index contributed by atoms with van der Waals surface area (Å²) in [7, 11) is 0. The highest BCUT2D eigenvalue weighted by Gasteiger charge is 2.22. The van der Waals surface area contributed by atoms with E-state index in [1.54, 1.807) is 11.3 Å². The molecular formula is C17H18N2O2S. The second-order valence-electron chi connectivity index (χ2n) is 5.75. The Bertz CT molecular complexity index is 857. The molecule has 3 aromatic rings. The third-order valence-corrected chi connectivity index (χ3v) is 4.83. The molecule has 22 heavy (non-hydrogen) atoms. The Kier molecular flexibility index (Phi) is 3.53. The molecular weight excluding hydrogens is 296 g/mol. The number of imidazole rings is 1. The number of aromatic carboxylic acids is 1. The third kappa shape index (κ3) is 2.22. The van der Waals surface area contributed by atoms with Gasteiger partial charge < -0.3 is 5.11 Å². The molecule has 3 rings (SSSR count). The zero-order chi connectivity index (χ0) is 16.0. The Hall–Kier alpha value is -2.14. The van der Waals surface area contributed by atoms with Crippen LogP contribution in [0.5, 0.6) is 0 Å². The van der Waals surface area contributed by atoms with Crippen LogP contribution >= 0.6 is 11.3 Å². The normalized spacial score (nSPS) is 11.5. The summed E-state index contributed by atoms with van der Waals surface area (Å²) < 4.78 is 1.77. The van der Waals surface area contributed by atoms with Crippen molar-refractivity contribution in [2.24, 2.45) is 0 Å². The van der Waals surface area contributed by atoms with Gasteiger partial charge in [-0.2, -0.15) is 0 Å². The molecule has 4 nitrogen and oxygen atoms in total. The predicted molar refractivity (Wildman–Crippen MR) is 89.0 cm³/mol. The molecule has 0 aliphatic heterocycles. The number of thiazole rings is 1. The molecule has 114 valence electrons. The van der Waals surface area contributed by atoms with E-state index in [0.29, 0.717) is 11.6 Å². The van der Waals surface area contributed by atoms with Gasteiger partial charge >= 0.3 is 5.97 Å². The van der Waals surface area contributed by atoms with Crippen molar-refractivity contribution in [3.05, 3.63) is 46.1 Å². The van der Waals surface area contributed by atoms with Crippen LogP contribution in [0.1, 0.15) is 46.4 Å². The molecule has 0 fully saturated rings. The number of aromatic nitrogens is 2. The van der Waals surface area contributed by atoms with Crippen molar-refractivity contribution in [1.29, 1.82) is 0 Å². The van der Waals surface area contributed by atoms with Gasteiger partial charge in [-0.25, -0.2) is 9.78 Å². The van der Waals surface area contributed by atoms with E-state index in [2.05, 4.69) is 43.1 Å². The Morgan fingerprint density at radius 2 is 1.86 bits per heavy atom. The van der Waals surface area contributed by atoms with E-state index in [1.807, 2.05) is 6.92 Å². The third-order valence-electron chi connectivity index (χ3n) is 3.88. The van der Waals surface area contributed by atoms with Gasteiger partial charge in [-0.1, -0.05) is 38.1 Å². The lowest BCUT2D eigenvalue weighted by Crippen LogP contribution is -2.04. The summed E-state index contributed by atoms with van der Waals surface area (Å²) in [4.78, 5) is 17.8. The molecule has 1 aromatic carbocycles. The largest absolute Gasteiger partial charge is 0.477 e. The van der Waals surface area contributed by atoms with E-state index in [9.17, 15) is 9.90 Å². The van der Waals surface area contributed by atoms with Gasteiger partial charge in [0.25, 0.3) is 0 Å². The van der Waals surface area contributed by atoms with Crippen molar-refractivity contribution < 1.29 is 9.90 Å². The Balaban J connectivity index is 2.25. The second kappa shape index (κ2) is 5.25. The second-order valence-corrected chi connectivity index (χ2v) is 6.93. The predicted octanol–water partition coefficient (Wildman–Crippen LogP) is 4.50. The van der Waals surface area contributed by atoms with Crippen LogP contribution in [0.4, 0.5) is 0 Å². The average molecular weight is 314 g/mol. The van der Waals surface area contributed by atoms with Crippen molar-refractivity contribution >= 4 is 22.3 Å². The minimum atomic E-state index is -0.942. The zero-order valence-electron chi connectivity index (χ0n) is 13.0. The maximum absolute atomic E-state index is 11.6. The minimum absolute atomic E-state index is 0.252. The quantitative estimate of drug-likeness (QED) is 0.774. The standard InChI is InChI=1S/C17H18N2O2S/c1-9(2)12-5-7-13(8-6-12)15-11(4)22-17-18-10(3)14(16(20)21)19(15)17/h5-9H,1-4H3,(H,20,21). The van der Waals surface area contributed by atoms with Crippen LogP contribution in [0.25, 0.3) is 16.2 Å². The summed E-state index contributed by atoms with van der Waals surface area (Å²) in [5.41, 5.74) is 4.02. The first-order valence-corrected chi connectivity index (χ1v) is 8.04. The van der Waals surface area contributed by atoms with E-state index < -0.39 is 5.97 Å². The van der Waals surface area contributed by atoms with Crippen LogP contribution in [0, 0.1) is 13.8 Å². The summed E-state index contributed by atoms with van der Waals surface area (Å²) in [5, 5.41) is 9.49. The topological polar surface area (TPSA) is 54.6 Å². The first kappa shape index (κ1) is 14.8.